The number of carbonyl (C=O) groups is 2. The minimum Gasteiger partial charge on any atom is -0.461 e. The molecule has 3 aromatic rings. The van der Waals surface area contributed by atoms with Crippen LogP contribution in [0.4, 0.5) is 5.69 Å². The van der Waals surface area contributed by atoms with Gasteiger partial charge in [0, 0.05) is 23.5 Å². The predicted molar refractivity (Wildman–Crippen MR) is 104 cm³/mol. The van der Waals surface area contributed by atoms with Crippen LogP contribution in [0.25, 0.3) is 11.8 Å². The van der Waals surface area contributed by atoms with E-state index in [9.17, 15) is 9.59 Å². The lowest BCUT2D eigenvalue weighted by molar-refractivity contribution is -0.111. The monoisotopic (exact) mass is 361 g/mol. The Kier molecular flexibility index (Phi) is 5.79. The van der Waals surface area contributed by atoms with E-state index >= 15 is 0 Å². The second-order valence-electron chi connectivity index (χ2n) is 5.62. The Bertz CT molecular complexity index is 947. The zero-order valence-corrected chi connectivity index (χ0v) is 14.8. The van der Waals surface area contributed by atoms with Crippen LogP contribution < -0.4 is 5.32 Å². The molecule has 0 fully saturated rings. The van der Waals surface area contributed by atoms with Gasteiger partial charge in [0.25, 0.3) is 0 Å². The van der Waals surface area contributed by atoms with Gasteiger partial charge in [-0.25, -0.2) is 9.48 Å². The fraction of sp³-hybridized carbons (Fsp3) is 0.0952. The van der Waals surface area contributed by atoms with Crippen molar-refractivity contribution in [3.05, 3.63) is 84.2 Å². The van der Waals surface area contributed by atoms with Crippen LogP contribution in [0.15, 0.2) is 72.9 Å². The first-order valence-corrected chi connectivity index (χ1v) is 8.53. The molecule has 3 rings (SSSR count). The molecule has 0 aliphatic rings. The maximum absolute atomic E-state index is 12.2. The van der Waals surface area contributed by atoms with Gasteiger partial charge >= 0.3 is 5.97 Å². The first-order valence-electron chi connectivity index (χ1n) is 8.53. The van der Waals surface area contributed by atoms with Crippen LogP contribution in [0.5, 0.6) is 0 Å². The molecular weight excluding hydrogens is 342 g/mol. The quantitative estimate of drug-likeness (QED) is 0.537. The van der Waals surface area contributed by atoms with Gasteiger partial charge in [0.1, 0.15) is 0 Å². The van der Waals surface area contributed by atoms with Gasteiger partial charge < -0.3 is 10.1 Å². The second kappa shape index (κ2) is 8.62. The lowest BCUT2D eigenvalue weighted by atomic mass is 10.2. The number of nitrogens with zero attached hydrogens (tertiary/aromatic N) is 2. The minimum absolute atomic E-state index is 0.157. The smallest absolute Gasteiger partial charge is 0.359 e. The van der Waals surface area contributed by atoms with E-state index in [0.29, 0.717) is 11.3 Å². The zero-order chi connectivity index (χ0) is 19.1. The van der Waals surface area contributed by atoms with Gasteiger partial charge in [0.15, 0.2) is 5.69 Å². The number of para-hydroxylation sites is 2. The molecule has 1 aromatic heterocycles. The third-order valence-electron chi connectivity index (χ3n) is 3.69. The Morgan fingerprint density at radius 3 is 2.41 bits per heavy atom. The molecule has 0 saturated heterocycles. The van der Waals surface area contributed by atoms with Gasteiger partial charge in [0.05, 0.1) is 12.3 Å². The number of esters is 1. The number of benzene rings is 2. The SMILES string of the molecule is CCOC(=O)c1nn(-c2ccccc2)cc1/C=C/C(=O)Nc1ccccc1. The molecule has 6 nitrogen and oxygen atoms in total. The number of amides is 1. The van der Waals surface area contributed by atoms with Crippen molar-refractivity contribution in [2.45, 2.75) is 6.92 Å². The van der Waals surface area contributed by atoms with Gasteiger partial charge in [-0.2, -0.15) is 5.10 Å². The van der Waals surface area contributed by atoms with Crippen molar-refractivity contribution in [1.82, 2.24) is 9.78 Å². The maximum Gasteiger partial charge on any atom is 0.359 e. The van der Waals surface area contributed by atoms with Gasteiger partial charge in [-0.05, 0) is 37.3 Å². The van der Waals surface area contributed by atoms with E-state index in [1.165, 1.54) is 6.08 Å². The summed E-state index contributed by atoms with van der Waals surface area (Å²) in [5.74, 6) is -0.834. The number of anilines is 1. The molecule has 0 atom stereocenters. The predicted octanol–water partition coefficient (Wildman–Crippen LogP) is 3.70. The van der Waals surface area contributed by atoms with E-state index in [2.05, 4.69) is 10.4 Å². The number of aromatic nitrogens is 2. The highest BCUT2D eigenvalue weighted by Crippen LogP contribution is 2.15. The van der Waals surface area contributed by atoms with E-state index in [0.717, 1.165) is 5.69 Å². The second-order valence-corrected chi connectivity index (χ2v) is 5.62. The van der Waals surface area contributed by atoms with Crippen LogP contribution >= 0.6 is 0 Å². The first-order chi connectivity index (χ1) is 13.2. The molecule has 0 saturated carbocycles. The van der Waals surface area contributed by atoms with Crippen molar-refractivity contribution in [3.63, 3.8) is 0 Å². The van der Waals surface area contributed by atoms with Crippen LogP contribution in [-0.2, 0) is 9.53 Å². The molecule has 27 heavy (non-hydrogen) atoms. The van der Waals surface area contributed by atoms with E-state index < -0.39 is 5.97 Å². The summed E-state index contributed by atoms with van der Waals surface area (Å²) in [6.45, 7) is 1.98. The largest absolute Gasteiger partial charge is 0.461 e. The molecule has 1 amide bonds. The number of ether oxygens (including phenoxy) is 1. The first kappa shape index (κ1) is 18.1. The van der Waals surface area contributed by atoms with Crippen molar-refractivity contribution < 1.29 is 14.3 Å². The van der Waals surface area contributed by atoms with Crippen LogP contribution in [0.3, 0.4) is 0 Å². The number of nitrogens with one attached hydrogen (secondary N) is 1. The Balaban J connectivity index is 1.85. The Hall–Kier alpha value is -3.67. The van der Waals surface area contributed by atoms with Crippen molar-refractivity contribution in [2.24, 2.45) is 0 Å². The average Bonchev–Trinajstić information content (AvgIpc) is 3.12. The van der Waals surface area contributed by atoms with Crippen molar-refractivity contribution in [3.8, 4) is 5.69 Å². The molecule has 1 heterocycles. The minimum atomic E-state index is -0.532. The Morgan fingerprint density at radius 1 is 1.07 bits per heavy atom. The lowest BCUT2D eigenvalue weighted by Crippen LogP contribution is -2.09. The van der Waals surface area contributed by atoms with Crippen LogP contribution in [0, 0.1) is 0 Å². The van der Waals surface area contributed by atoms with Crippen LogP contribution in [-0.4, -0.2) is 28.3 Å². The standard InChI is InChI=1S/C21H19N3O3/c1-2-27-21(26)20-16(15-24(23-20)18-11-7-4-8-12-18)13-14-19(25)22-17-9-5-3-6-10-17/h3-15H,2H2,1H3,(H,22,25)/b14-13+. The lowest BCUT2D eigenvalue weighted by Gasteiger charge is -2.01. The average molecular weight is 361 g/mol. The highest BCUT2D eigenvalue weighted by Gasteiger charge is 2.17. The number of carbonyl (C=O) groups excluding carboxylic acids is 2. The third-order valence-corrected chi connectivity index (χ3v) is 3.69. The van der Waals surface area contributed by atoms with E-state index in [1.807, 2.05) is 48.5 Å². The Labute approximate surface area is 157 Å². The summed E-state index contributed by atoms with van der Waals surface area (Å²) in [6, 6.07) is 18.5. The molecule has 0 aliphatic carbocycles. The summed E-state index contributed by atoms with van der Waals surface area (Å²) < 4.78 is 6.66. The molecule has 0 radical (unpaired) electrons. The summed E-state index contributed by atoms with van der Waals surface area (Å²) in [7, 11) is 0. The summed E-state index contributed by atoms with van der Waals surface area (Å²) in [5.41, 5.74) is 2.15. The van der Waals surface area contributed by atoms with Gasteiger partial charge in [-0.1, -0.05) is 36.4 Å². The fourth-order valence-electron chi connectivity index (χ4n) is 2.45. The summed E-state index contributed by atoms with van der Waals surface area (Å²) >= 11 is 0. The summed E-state index contributed by atoms with van der Waals surface area (Å²) in [5, 5.41) is 7.08. The molecule has 2 aromatic carbocycles. The molecule has 136 valence electrons. The van der Waals surface area contributed by atoms with Crippen molar-refractivity contribution in [2.75, 3.05) is 11.9 Å². The maximum atomic E-state index is 12.2. The highest BCUT2D eigenvalue weighted by atomic mass is 16.5. The molecule has 0 unspecified atom stereocenters. The topological polar surface area (TPSA) is 73.2 Å². The zero-order valence-electron chi connectivity index (χ0n) is 14.8. The highest BCUT2D eigenvalue weighted by molar-refractivity contribution is 6.03. The molecule has 0 bridgehead atoms. The number of hydrogen-bond acceptors (Lipinski definition) is 4. The molecule has 6 heteroatoms. The van der Waals surface area contributed by atoms with Crippen LogP contribution in [0.1, 0.15) is 23.0 Å². The Morgan fingerprint density at radius 2 is 1.74 bits per heavy atom. The van der Waals surface area contributed by atoms with Gasteiger partial charge in [-0.3, -0.25) is 4.79 Å². The normalized spacial score (nSPS) is 10.7. The number of hydrogen-bond donors (Lipinski definition) is 1. The number of rotatable bonds is 6. The summed E-state index contributed by atoms with van der Waals surface area (Å²) in [4.78, 5) is 24.3. The van der Waals surface area contributed by atoms with Gasteiger partial charge in [0.2, 0.25) is 5.91 Å². The van der Waals surface area contributed by atoms with E-state index in [-0.39, 0.29) is 18.2 Å². The van der Waals surface area contributed by atoms with Gasteiger partial charge in [-0.15, -0.1) is 0 Å². The third kappa shape index (κ3) is 4.70. The van der Waals surface area contributed by atoms with Crippen molar-refractivity contribution in [1.29, 1.82) is 0 Å². The fourth-order valence-corrected chi connectivity index (χ4v) is 2.45. The molecule has 0 spiro atoms. The van der Waals surface area contributed by atoms with Crippen LogP contribution in [0.2, 0.25) is 0 Å². The van der Waals surface area contributed by atoms with E-state index in [1.54, 1.807) is 36.0 Å². The molecular formula is C21H19N3O3. The molecule has 1 N–H and O–H groups in total. The summed E-state index contributed by atoms with van der Waals surface area (Å²) in [6.07, 6.45) is 4.60. The van der Waals surface area contributed by atoms with Crippen molar-refractivity contribution >= 4 is 23.6 Å². The molecule has 0 aliphatic heterocycles. The van der Waals surface area contributed by atoms with E-state index in [4.69, 9.17) is 4.74 Å².